The minimum atomic E-state index is -1.01. The quantitative estimate of drug-likeness (QED) is 0.724. The largest absolute Gasteiger partial charge is 0.478 e. The Hall–Kier alpha value is -1.62. The number of aromatic nitrogens is 1. The number of pyridine rings is 1. The molecule has 3 aromatic rings. The molecule has 0 spiro atoms. The van der Waals surface area contributed by atoms with Gasteiger partial charge in [-0.1, -0.05) is 35.3 Å². The number of thiophene rings is 1. The van der Waals surface area contributed by atoms with Crippen molar-refractivity contribution in [3.05, 3.63) is 50.6 Å². The zero-order chi connectivity index (χ0) is 14.3. The molecular formula is C14H7Cl2NO2S. The van der Waals surface area contributed by atoms with Gasteiger partial charge in [-0.05, 0) is 18.2 Å². The molecular weight excluding hydrogens is 317 g/mol. The summed E-state index contributed by atoms with van der Waals surface area (Å²) in [5.74, 6) is -1.01. The van der Waals surface area contributed by atoms with Gasteiger partial charge in [0, 0.05) is 16.3 Å². The number of para-hydroxylation sites is 1. The molecule has 0 aliphatic rings. The van der Waals surface area contributed by atoms with Gasteiger partial charge in [0.1, 0.15) is 0 Å². The van der Waals surface area contributed by atoms with Gasteiger partial charge < -0.3 is 5.11 Å². The van der Waals surface area contributed by atoms with Crippen LogP contribution in [0.5, 0.6) is 0 Å². The summed E-state index contributed by atoms with van der Waals surface area (Å²) in [4.78, 5) is 15.9. The predicted molar refractivity (Wildman–Crippen MR) is 82.0 cm³/mol. The smallest absolute Gasteiger partial charge is 0.336 e. The predicted octanol–water partition coefficient (Wildman–Crippen LogP) is 4.97. The van der Waals surface area contributed by atoms with Crippen molar-refractivity contribution in [3.63, 3.8) is 0 Å². The molecule has 1 N–H and O–H groups in total. The van der Waals surface area contributed by atoms with Crippen LogP contribution in [0.4, 0.5) is 0 Å². The minimum Gasteiger partial charge on any atom is -0.478 e. The molecule has 100 valence electrons. The van der Waals surface area contributed by atoms with E-state index in [2.05, 4.69) is 4.98 Å². The number of rotatable bonds is 2. The van der Waals surface area contributed by atoms with Crippen LogP contribution < -0.4 is 0 Å². The Morgan fingerprint density at radius 2 is 2.05 bits per heavy atom. The number of aromatic carboxylic acids is 1. The van der Waals surface area contributed by atoms with Gasteiger partial charge in [0.2, 0.25) is 0 Å². The maximum absolute atomic E-state index is 11.4. The zero-order valence-electron chi connectivity index (χ0n) is 9.93. The van der Waals surface area contributed by atoms with E-state index in [0.29, 0.717) is 26.0 Å². The Morgan fingerprint density at radius 3 is 2.70 bits per heavy atom. The lowest BCUT2D eigenvalue weighted by molar-refractivity contribution is 0.0699. The molecule has 3 nitrogen and oxygen atoms in total. The van der Waals surface area contributed by atoms with Gasteiger partial charge >= 0.3 is 5.97 Å². The van der Waals surface area contributed by atoms with Crippen LogP contribution >= 0.6 is 34.5 Å². The van der Waals surface area contributed by atoms with Crippen LogP contribution in [-0.2, 0) is 0 Å². The fourth-order valence-electron chi connectivity index (χ4n) is 1.98. The molecule has 2 heterocycles. The van der Waals surface area contributed by atoms with Crippen molar-refractivity contribution in [2.24, 2.45) is 0 Å². The van der Waals surface area contributed by atoms with Gasteiger partial charge in [0.25, 0.3) is 0 Å². The summed E-state index contributed by atoms with van der Waals surface area (Å²) >= 11 is 13.4. The van der Waals surface area contributed by atoms with Crippen LogP contribution in [0.2, 0.25) is 9.36 Å². The number of halogens is 2. The van der Waals surface area contributed by atoms with Crippen LogP contribution in [0.15, 0.2) is 35.7 Å². The fourth-order valence-corrected chi connectivity index (χ4v) is 3.07. The van der Waals surface area contributed by atoms with Gasteiger partial charge in [-0.2, -0.15) is 0 Å². The minimum absolute atomic E-state index is 0.176. The molecule has 0 saturated carbocycles. The van der Waals surface area contributed by atoms with Crippen molar-refractivity contribution >= 4 is 51.4 Å². The highest BCUT2D eigenvalue weighted by atomic mass is 35.5. The second-order valence-electron chi connectivity index (χ2n) is 4.14. The third-order valence-electron chi connectivity index (χ3n) is 2.88. The molecule has 0 saturated heterocycles. The van der Waals surface area contributed by atoms with E-state index >= 15 is 0 Å². The Balaban J connectivity index is 2.35. The van der Waals surface area contributed by atoms with Gasteiger partial charge in [-0.25, -0.2) is 9.78 Å². The van der Waals surface area contributed by atoms with Crippen molar-refractivity contribution in [2.45, 2.75) is 0 Å². The average molecular weight is 324 g/mol. The molecule has 0 atom stereocenters. The number of carboxylic acids is 1. The molecule has 0 fully saturated rings. The molecule has 0 aliphatic heterocycles. The lowest BCUT2D eigenvalue weighted by atomic mass is 10.1. The van der Waals surface area contributed by atoms with Crippen molar-refractivity contribution < 1.29 is 9.90 Å². The van der Waals surface area contributed by atoms with Crippen molar-refractivity contribution in [3.8, 4) is 11.3 Å². The molecule has 0 amide bonds. The number of carboxylic acid groups (broad SMARTS) is 1. The number of nitrogens with zero attached hydrogens (tertiary/aromatic N) is 1. The fraction of sp³-hybridized carbons (Fsp3) is 0. The topological polar surface area (TPSA) is 50.2 Å². The number of hydrogen-bond donors (Lipinski definition) is 1. The molecule has 2 aromatic heterocycles. The van der Waals surface area contributed by atoms with Crippen LogP contribution in [0.3, 0.4) is 0 Å². The van der Waals surface area contributed by atoms with Gasteiger partial charge in [-0.3, -0.25) is 0 Å². The summed E-state index contributed by atoms with van der Waals surface area (Å²) in [6.45, 7) is 0. The van der Waals surface area contributed by atoms with Gasteiger partial charge in [0.15, 0.2) is 0 Å². The van der Waals surface area contributed by atoms with E-state index in [4.69, 9.17) is 23.2 Å². The average Bonchev–Trinajstić information content (AvgIpc) is 2.85. The second-order valence-corrected chi connectivity index (χ2v) is 6.09. The maximum Gasteiger partial charge on any atom is 0.336 e. The first-order chi connectivity index (χ1) is 9.56. The standard InChI is InChI=1S/C14H7Cl2NO2S/c15-10-3-1-2-8-9(14(18)19)5-11(17-13(8)10)7-4-12(16)20-6-7/h1-6H,(H,18,19). The van der Waals surface area contributed by atoms with Crippen LogP contribution in [0.25, 0.3) is 22.2 Å². The van der Waals surface area contributed by atoms with Crippen molar-refractivity contribution in [1.29, 1.82) is 0 Å². The van der Waals surface area contributed by atoms with Crippen LogP contribution in [0.1, 0.15) is 10.4 Å². The molecule has 0 radical (unpaired) electrons. The normalized spacial score (nSPS) is 10.9. The summed E-state index contributed by atoms with van der Waals surface area (Å²) in [5, 5.41) is 12.1. The van der Waals surface area contributed by atoms with Crippen LogP contribution in [-0.4, -0.2) is 16.1 Å². The van der Waals surface area contributed by atoms with E-state index in [0.717, 1.165) is 5.56 Å². The van der Waals surface area contributed by atoms with Crippen molar-refractivity contribution in [2.75, 3.05) is 0 Å². The molecule has 6 heteroatoms. The Kier molecular flexibility index (Phi) is 3.38. The third kappa shape index (κ3) is 2.26. The summed E-state index contributed by atoms with van der Waals surface area (Å²) in [7, 11) is 0. The third-order valence-corrected chi connectivity index (χ3v) is 4.28. The summed E-state index contributed by atoms with van der Waals surface area (Å²) in [6.07, 6.45) is 0. The molecule has 1 aromatic carbocycles. The monoisotopic (exact) mass is 323 g/mol. The maximum atomic E-state index is 11.4. The SMILES string of the molecule is O=C(O)c1cc(-c2csc(Cl)c2)nc2c(Cl)cccc12. The number of hydrogen-bond acceptors (Lipinski definition) is 3. The summed E-state index contributed by atoms with van der Waals surface area (Å²) < 4.78 is 0.623. The van der Waals surface area contributed by atoms with E-state index in [1.165, 1.54) is 11.3 Å². The van der Waals surface area contributed by atoms with E-state index in [9.17, 15) is 9.90 Å². The van der Waals surface area contributed by atoms with E-state index in [1.54, 1.807) is 30.3 Å². The van der Waals surface area contributed by atoms with Crippen LogP contribution in [0, 0.1) is 0 Å². The highest BCUT2D eigenvalue weighted by molar-refractivity contribution is 7.14. The Labute approximate surface area is 128 Å². The van der Waals surface area contributed by atoms with E-state index in [-0.39, 0.29) is 5.56 Å². The number of fused-ring (bicyclic) bond motifs is 1. The first-order valence-electron chi connectivity index (χ1n) is 5.63. The zero-order valence-corrected chi connectivity index (χ0v) is 12.3. The highest BCUT2D eigenvalue weighted by Crippen LogP contribution is 2.32. The van der Waals surface area contributed by atoms with E-state index < -0.39 is 5.97 Å². The lowest BCUT2D eigenvalue weighted by Gasteiger charge is -2.07. The Bertz CT molecular complexity index is 829. The summed E-state index contributed by atoms with van der Waals surface area (Å²) in [6, 6.07) is 8.39. The van der Waals surface area contributed by atoms with Gasteiger partial charge in [-0.15, -0.1) is 11.3 Å². The molecule has 20 heavy (non-hydrogen) atoms. The molecule has 0 bridgehead atoms. The Morgan fingerprint density at radius 1 is 1.25 bits per heavy atom. The second kappa shape index (κ2) is 5.05. The molecule has 3 rings (SSSR count). The molecule has 0 unspecified atom stereocenters. The van der Waals surface area contributed by atoms with Gasteiger partial charge in [0.05, 0.1) is 26.1 Å². The van der Waals surface area contributed by atoms with Crippen molar-refractivity contribution in [1.82, 2.24) is 4.98 Å². The van der Waals surface area contributed by atoms with E-state index in [1.807, 2.05) is 5.38 Å². The highest BCUT2D eigenvalue weighted by Gasteiger charge is 2.15. The number of carbonyl (C=O) groups is 1. The number of benzene rings is 1. The molecule has 0 aliphatic carbocycles. The summed E-state index contributed by atoms with van der Waals surface area (Å²) in [5.41, 5.74) is 1.98. The first kappa shape index (κ1) is 13.4. The first-order valence-corrected chi connectivity index (χ1v) is 7.27. The lowest BCUT2D eigenvalue weighted by Crippen LogP contribution is -2.00.